The Morgan fingerprint density at radius 3 is 2.20 bits per heavy atom. The fourth-order valence-corrected chi connectivity index (χ4v) is 5.98. The average Bonchev–Trinajstić information content (AvgIpc) is 3.27. The van der Waals surface area contributed by atoms with Gasteiger partial charge in [0.2, 0.25) is 5.91 Å². The summed E-state index contributed by atoms with van der Waals surface area (Å²) in [6.07, 6.45) is -0.488. The van der Waals surface area contributed by atoms with Crippen molar-refractivity contribution in [3.05, 3.63) is 45.5 Å². The molecule has 0 saturated heterocycles. The Labute approximate surface area is 239 Å². The van der Waals surface area contributed by atoms with Crippen LogP contribution >= 0.6 is 11.3 Å². The van der Waals surface area contributed by atoms with Crippen molar-refractivity contribution in [3.8, 4) is 11.8 Å². The zero-order chi connectivity index (χ0) is 30.2. The first-order valence-corrected chi connectivity index (χ1v) is 13.7. The summed E-state index contributed by atoms with van der Waals surface area (Å²) in [4.78, 5) is 59.0. The Morgan fingerprint density at radius 2 is 1.57 bits per heavy atom. The summed E-state index contributed by atoms with van der Waals surface area (Å²) in [5.74, 6) is -0.153. The maximum atomic E-state index is 13.3. The van der Waals surface area contributed by atoms with Gasteiger partial charge in [-0.2, -0.15) is 5.26 Å². The lowest BCUT2D eigenvalue weighted by Gasteiger charge is -2.36. The summed E-state index contributed by atoms with van der Waals surface area (Å²) < 4.78 is 6.29. The third kappa shape index (κ3) is 6.48. The molecule has 2 amide bonds. The van der Waals surface area contributed by atoms with Crippen LogP contribution < -0.4 is 4.74 Å². The van der Waals surface area contributed by atoms with E-state index in [0.29, 0.717) is 51.7 Å². The first kappa shape index (κ1) is 30.7. The van der Waals surface area contributed by atoms with Gasteiger partial charge in [0.25, 0.3) is 0 Å². The third-order valence-electron chi connectivity index (χ3n) is 7.18. The number of allylic oxidation sites excluding steroid dienone is 4. The largest absolute Gasteiger partial charge is 0.414 e. The van der Waals surface area contributed by atoms with Gasteiger partial charge in [0.15, 0.2) is 16.6 Å². The molecule has 0 unspecified atom stereocenters. The van der Waals surface area contributed by atoms with E-state index in [2.05, 4.69) is 4.98 Å². The predicted molar refractivity (Wildman–Crippen MR) is 154 cm³/mol. The van der Waals surface area contributed by atoms with E-state index < -0.39 is 16.9 Å². The van der Waals surface area contributed by atoms with E-state index in [4.69, 9.17) is 10.00 Å². The van der Waals surface area contributed by atoms with Crippen molar-refractivity contribution in [2.75, 3.05) is 27.2 Å². The molecule has 1 aromatic carbocycles. The molecule has 1 heterocycles. The van der Waals surface area contributed by atoms with Gasteiger partial charge in [0, 0.05) is 72.8 Å². The van der Waals surface area contributed by atoms with E-state index in [-0.39, 0.29) is 23.9 Å². The van der Waals surface area contributed by atoms with Crippen LogP contribution in [0, 0.1) is 22.2 Å². The fraction of sp³-hybridized carbons (Fsp3) is 0.467. The molecule has 3 rings (SSSR count). The van der Waals surface area contributed by atoms with E-state index in [9.17, 15) is 19.2 Å². The zero-order valence-electron chi connectivity index (χ0n) is 24.6. The number of hydrogen-bond acceptors (Lipinski definition) is 8. The summed E-state index contributed by atoms with van der Waals surface area (Å²) in [7, 11) is 3.33. The molecule has 0 spiro atoms. The van der Waals surface area contributed by atoms with Crippen LogP contribution in [0.5, 0.6) is 5.75 Å². The number of carbonyl (C=O) groups is 4. The number of ketones is 2. The molecular formula is C30H36N4O5S. The van der Waals surface area contributed by atoms with Crippen molar-refractivity contribution in [2.24, 2.45) is 10.8 Å². The van der Waals surface area contributed by atoms with E-state index >= 15 is 0 Å². The highest BCUT2D eigenvalue weighted by molar-refractivity contribution is 7.19. The third-order valence-corrected chi connectivity index (χ3v) is 8.11. The molecule has 0 bridgehead atoms. The lowest BCUT2D eigenvalue weighted by atomic mass is 9.71. The van der Waals surface area contributed by atoms with Gasteiger partial charge < -0.3 is 14.5 Å². The van der Waals surface area contributed by atoms with Gasteiger partial charge in [0.1, 0.15) is 11.8 Å². The molecule has 0 saturated carbocycles. The zero-order valence-corrected chi connectivity index (χ0v) is 25.4. The molecule has 0 fully saturated rings. The summed E-state index contributed by atoms with van der Waals surface area (Å²) in [6.45, 7) is 13.2. The highest BCUT2D eigenvalue weighted by atomic mass is 32.1. The number of nitrogens with zero attached hydrogens (tertiary/aromatic N) is 4. The molecule has 1 aromatic heterocycles. The molecule has 212 valence electrons. The van der Waals surface area contributed by atoms with Gasteiger partial charge in [-0.05, 0) is 32.9 Å². The summed E-state index contributed by atoms with van der Waals surface area (Å²) in [5, 5.41) is 9.39. The van der Waals surface area contributed by atoms with Crippen LogP contribution in [-0.4, -0.2) is 65.5 Å². The molecule has 1 aliphatic rings. The smallest absolute Gasteiger partial charge is 0.410 e. The normalized spacial score (nSPS) is 14.5. The number of carbonyl (C=O) groups excluding carboxylic acids is 4. The standard InChI is InChI=1S/C30H36N4O5S/c1-17-18(2)27(37)25(19(3)26(17)36)30(6,7)13-24(35)33(8)15-29(4,5)16-34(9)28(38)39-20-10-11-21-22(12-20)40-23(14-31)32-21/h10-12H,13,15-16H2,1-9H3. The molecule has 9 nitrogen and oxygen atoms in total. The van der Waals surface area contributed by atoms with Crippen LogP contribution in [-0.2, 0) is 14.4 Å². The second-order valence-electron chi connectivity index (χ2n) is 11.9. The Kier molecular flexibility index (Phi) is 8.70. The maximum absolute atomic E-state index is 13.3. The van der Waals surface area contributed by atoms with E-state index in [1.54, 1.807) is 58.0 Å². The van der Waals surface area contributed by atoms with E-state index in [0.717, 1.165) is 4.70 Å². The SMILES string of the molecule is CC1=C(C)C(=O)C(C(C)(C)CC(=O)N(C)CC(C)(C)CN(C)C(=O)Oc2ccc3nc(C#N)sc3c2)=C(C)C1=O. The van der Waals surface area contributed by atoms with Gasteiger partial charge in [-0.3, -0.25) is 14.4 Å². The molecule has 10 heteroatoms. The van der Waals surface area contributed by atoms with Crippen molar-refractivity contribution in [3.63, 3.8) is 0 Å². The van der Waals surface area contributed by atoms with Crippen LogP contribution in [0.25, 0.3) is 10.2 Å². The molecule has 40 heavy (non-hydrogen) atoms. The van der Waals surface area contributed by atoms with E-state index in [1.165, 1.54) is 16.2 Å². The minimum absolute atomic E-state index is 0.0586. The van der Waals surface area contributed by atoms with Crippen LogP contribution in [0.2, 0.25) is 0 Å². The monoisotopic (exact) mass is 564 g/mol. The van der Waals surface area contributed by atoms with Crippen LogP contribution in [0.3, 0.4) is 0 Å². The Balaban J connectivity index is 1.62. The highest BCUT2D eigenvalue weighted by Gasteiger charge is 2.39. The summed E-state index contributed by atoms with van der Waals surface area (Å²) >= 11 is 1.22. The van der Waals surface area contributed by atoms with Crippen molar-refractivity contribution < 1.29 is 23.9 Å². The molecule has 0 atom stereocenters. The molecular weight excluding hydrogens is 528 g/mol. The summed E-state index contributed by atoms with van der Waals surface area (Å²) in [6, 6.07) is 7.03. The Hall–Kier alpha value is -3.84. The van der Waals surface area contributed by atoms with Gasteiger partial charge in [0.05, 0.1) is 10.2 Å². The number of benzene rings is 1. The fourth-order valence-electron chi connectivity index (χ4n) is 5.19. The van der Waals surface area contributed by atoms with Gasteiger partial charge >= 0.3 is 6.09 Å². The van der Waals surface area contributed by atoms with Gasteiger partial charge in [-0.15, -0.1) is 11.3 Å². The first-order chi connectivity index (χ1) is 18.5. The Bertz CT molecular complexity index is 1510. The lowest BCUT2D eigenvalue weighted by molar-refractivity contribution is -0.133. The average molecular weight is 565 g/mol. The lowest BCUT2D eigenvalue weighted by Crippen LogP contribution is -2.45. The number of hydrogen-bond donors (Lipinski definition) is 0. The minimum atomic E-state index is -0.831. The molecule has 2 aromatic rings. The van der Waals surface area contributed by atoms with Crippen LogP contribution in [0.4, 0.5) is 4.79 Å². The number of thiazole rings is 1. The van der Waals surface area contributed by atoms with Gasteiger partial charge in [-0.25, -0.2) is 9.78 Å². The maximum Gasteiger partial charge on any atom is 0.414 e. The van der Waals surface area contributed by atoms with Crippen molar-refractivity contribution in [1.29, 1.82) is 5.26 Å². The Morgan fingerprint density at radius 1 is 0.975 bits per heavy atom. The number of amides is 2. The highest BCUT2D eigenvalue weighted by Crippen LogP contribution is 2.39. The first-order valence-electron chi connectivity index (χ1n) is 12.9. The van der Waals surface area contributed by atoms with Crippen molar-refractivity contribution in [1.82, 2.24) is 14.8 Å². The second kappa shape index (κ2) is 11.3. The topological polar surface area (TPSA) is 121 Å². The van der Waals surface area contributed by atoms with Crippen LogP contribution in [0.1, 0.15) is 59.9 Å². The molecule has 1 aliphatic carbocycles. The molecule has 0 aliphatic heterocycles. The number of Topliss-reactive ketones (excluding diaryl/α,β-unsaturated/α-hetero) is 2. The number of fused-ring (bicyclic) bond motifs is 1. The van der Waals surface area contributed by atoms with E-state index in [1.807, 2.05) is 33.8 Å². The van der Waals surface area contributed by atoms with Crippen molar-refractivity contribution in [2.45, 2.75) is 54.9 Å². The van der Waals surface area contributed by atoms with Gasteiger partial charge in [-0.1, -0.05) is 27.7 Å². The van der Waals surface area contributed by atoms with Crippen LogP contribution in [0.15, 0.2) is 40.5 Å². The molecule has 0 radical (unpaired) electrons. The molecule has 0 N–H and O–H groups in total. The van der Waals surface area contributed by atoms with Crippen molar-refractivity contribution >= 4 is 45.1 Å². The second-order valence-corrected chi connectivity index (χ2v) is 12.9. The quantitative estimate of drug-likeness (QED) is 0.399. The summed E-state index contributed by atoms with van der Waals surface area (Å²) in [5.41, 5.74) is 1.02. The number of aromatic nitrogens is 1. The number of ether oxygens (including phenoxy) is 1. The predicted octanol–water partition coefficient (Wildman–Crippen LogP) is 5.30. The number of rotatable bonds is 8. The minimum Gasteiger partial charge on any atom is -0.410 e. The number of nitriles is 1.